The fraction of sp³-hybridized carbons (Fsp3) is 0.600. The number of nitrogens with one attached hydrogen (secondary N) is 1. The predicted molar refractivity (Wildman–Crippen MR) is 81.2 cm³/mol. The topological polar surface area (TPSA) is 86.5 Å². The van der Waals surface area contributed by atoms with Crippen LogP contribution in [0.1, 0.15) is 25.5 Å². The molecule has 0 bridgehead atoms. The third-order valence-corrected chi connectivity index (χ3v) is 3.01. The van der Waals surface area contributed by atoms with Gasteiger partial charge >= 0.3 is 0 Å². The Hall–Kier alpha value is -1.66. The predicted octanol–water partition coefficient (Wildman–Crippen LogP) is 0.893. The summed E-state index contributed by atoms with van der Waals surface area (Å²) in [5.41, 5.74) is 6.81. The maximum atomic E-state index is 11.5. The minimum Gasteiger partial charge on any atom is -0.482 e. The summed E-state index contributed by atoms with van der Waals surface area (Å²) in [6, 6.07) is 3.81. The van der Waals surface area contributed by atoms with Crippen LogP contribution in [0.15, 0.2) is 18.3 Å². The van der Waals surface area contributed by atoms with Gasteiger partial charge in [-0.3, -0.25) is 9.78 Å². The number of carbonyl (C=O) groups excluding carboxylic acids is 1. The molecule has 3 N–H and O–H groups in total. The van der Waals surface area contributed by atoms with Gasteiger partial charge in [0.1, 0.15) is 5.75 Å². The molecule has 0 fully saturated rings. The number of hydrogen-bond donors (Lipinski definition) is 2. The molecule has 21 heavy (non-hydrogen) atoms. The van der Waals surface area contributed by atoms with E-state index in [1.165, 1.54) is 0 Å². The van der Waals surface area contributed by atoms with Crippen molar-refractivity contribution in [3.8, 4) is 5.75 Å². The number of carbonyl (C=O) groups is 1. The zero-order valence-electron chi connectivity index (χ0n) is 12.8. The highest BCUT2D eigenvalue weighted by molar-refractivity contribution is 5.77. The Morgan fingerprint density at radius 2 is 2.29 bits per heavy atom. The van der Waals surface area contributed by atoms with E-state index in [4.69, 9.17) is 15.2 Å². The van der Waals surface area contributed by atoms with E-state index in [1.807, 2.05) is 19.1 Å². The van der Waals surface area contributed by atoms with Crippen molar-refractivity contribution in [1.29, 1.82) is 0 Å². The van der Waals surface area contributed by atoms with E-state index < -0.39 is 0 Å². The summed E-state index contributed by atoms with van der Waals surface area (Å²) in [5, 5.41) is 2.75. The maximum absolute atomic E-state index is 11.5. The van der Waals surface area contributed by atoms with Gasteiger partial charge in [0.05, 0.1) is 6.20 Å². The molecule has 0 radical (unpaired) electrons. The van der Waals surface area contributed by atoms with Gasteiger partial charge in [-0.2, -0.15) is 0 Å². The first kappa shape index (κ1) is 17.4. The molecule has 118 valence electrons. The first-order valence-electron chi connectivity index (χ1n) is 7.24. The Morgan fingerprint density at radius 1 is 1.48 bits per heavy atom. The van der Waals surface area contributed by atoms with E-state index in [9.17, 15) is 4.79 Å². The van der Waals surface area contributed by atoms with Crippen LogP contribution in [-0.4, -0.2) is 43.8 Å². The quantitative estimate of drug-likeness (QED) is 0.626. The highest BCUT2D eigenvalue weighted by Crippen LogP contribution is 2.10. The van der Waals surface area contributed by atoms with Crippen LogP contribution in [0, 0.1) is 0 Å². The van der Waals surface area contributed by atoms with E-state index in [1.54, 1.807) is 13.3 Å². The third-order valence-electron chi connectivity index (χ3n) is 3.01. The van der Waals surface area contributed by atoms with Crippen LogP contribution in [-0.2, 0) is 16.0 Å². The van der Waals surface area contributed by atoms with Crippen molar-refractivity contribution in [3.05, 3.63) is 24.0 Å². The van der Waals surface area contributed by atoms with Crippen molar-refractivity contribution in [2.24, 2.45) is 5.73 Å². The molecule has 0 saturated carbocycles. The second-order valence-corrected chi connectivity index (χ2v) is 4.84. The Labute approximate surface area is 126 Å². The van der Waals surface area contributed by atoms with Crippen molar-refractivity contribution in [2.75, 3.05) is 26.9 Å². The van der Waals surface area contributed by atoms with E-state index in [0.717, 1.165) is 25.0 Å². The second kappa shape index (κ2) is 10.1. The van der Waals surface area contributed by atoms with E-state index in [2.05, 4.69) is 10.3 Å². The maximum Gasteiger partial charge on any atom is 0.257 e. The molecular weight excluding hydrogens is 270 g/mol. The smallest absolute Gasteiger partial charge is 0.257 e. The van der Waals surface area contributed by atoms with Crippen LogP contribution >= 0.6 is 0 Å². The molecular formula is C15H25N3O3. The summed E-state index contributed by atoms with van der Waals surface area (Å²) >= 11 is 0. The summed E-state index contributed by atoms with van der Waals surface area (Å²) in [6.45, 7) is 3.25. The molecule has 0 aliphatic carbocycles. The van der Waals surface area contributed by atoms with Crippen molar-refractivity contribution in [1.82, 2.24) is 10.3 Å². The highest BCUT2D eigenvalue weighted by atomic mass is 16.5. The van der Waals surface area contributed by atoms with Crippen molar-refractivity contribution in [2.45, 2.75) is 32.2 Å². The first-order chi connectivity index (χ1) is 10.2. The molecule has 1 rings (SSSR count). The standard InChI is InChI=1S/C15H25N3O3/c1-3-12(16)9-13-5-6-14(10-18-13)21-11-15(19)17-7-4-8-20-2/h5-6,10,12H,3-4,7-9,11,16H2,1-2H3,(H,17,19). The molecule has 1 unspecified atom stereocenters. The summed E-state index contributed by atoms with van der Waals surface area (Å²) in [5.74, 6) is 0.430. The molecule has 0 aliphatic rings. The van der Waals surface area contributed by atoms with Crippen LogP contribution in [0.2, 0.25) is 0 Å². The number of rotatable bonds is 10. The van der Waals surface area contributed by atoms with Gasteiger partial charge in [0, 0.05) is 38.4 Å². The van der Waals surface area contributed by atoms with Gasteiger partial charge in [0.2, 0.25) is 0 Å². The monoisotopic (exact) mass is 295 g/mol. The van der Waals surface area contributed by atoms with Crippen molar-refractivity contribution >= 4 is 5.91 Å². The molecule has 1 amide bonds. The van der Waals surface area contributed by atoms with E-state index in [-0.39, 0.29) is 18.6 Å². The van der Waals surface area contributed by atoms with Gasteiger partial charge in [0.15, 0.2) is 6.61 Å². The Kier molecular flexibility index (Phi) is 8.38. The number of nitrogens with zero attached hydrogens (tertiary/aromatic N) is 1. The lowest BCUT2D eigenvalue weighted by molar-refractivity contribution is -0.123. The van der Waals surface area contributed by atoms with Crippen molar-refractivity contribution in [3.63, 3.8) is 0 Å². The Bertz CT molecular complexity index is 409. The molecule has 0 aliphatic heterocycles. The minimum absolute atomic E-state index is 0.0114. The lowest BCUT2D eigenvalue weighted by atomic mass is 10.1. The van der Waals surface area contributed by atoms with Crippen LogP contribution in [0.3, 0.4) is 0 Å². The first-order valence-corrected chi connectivity index (χ1v) is 7.24. The molecule has 6 nitrogen and oxygen atoms in total. The van der Waals surface area contributed by atoms with Gasteiger partial charge in [-0.1, -0.05) is 6.92 Å². The fourth-order valence-electron chi connectivity index (χ4n) is 1.67. The molecule has 6 heteroatoms. The lowest BCUT2D eigenvalue weighted by Gasteiger charge is -2.09. The van der Waals surface area contributed by atoms with E-state index in [0.29, 0.717) is 18.9 Å². The highest BCUT2D eigenvalue weighted by Gasteiger charge is 2.05. The largest absolute Gasteiger partial charge is 0.482 e. The minimum atomic E-state index is -0.150. The van der Waals surface area contributed by atoms with Gasteiger partial charge < -0.3 is 20.5 Å². The van der Waals surface area contributed by atoms with Crippen LogP contribution in [0.4, 0.5) is 0 Å². The number of nitrogens with two attached hydrogens (primary N) is 1. The Balaban J connectivity index is 2.27. The summed E-state index contributed by atoms with van der Waals surface area (Å²) in [6.07, 6.45) is 4.08. The fourth-order valence-corrected chi connectivity index (χ4v) is 1.67. The molecule has 1 aromatic heterocycles. The average molecular weight is 295 g/mol. The Morgan fingerprint density at radius 3 is 2.90 bits per heavy atom. The van der Waals surface area contributed by atoms with Gasteiger partial charge in [-0.25, -0.2) is 0 Å². The van der Waals surface area contributed by atoms with Crippen molar-refractivity contribution < 1.29 is 14.3 Å². The van der Waals surface area contributed by atoms with Crippen LogP contribution in [0.25, 0.3) is 0 Å². The summed E-state index contributed by atoms with van der Waals surface area (Å²) < 4.78 is 10.3. The third kappa shape index (κ3) is 7.63. The number of ether oxygens (including phenoxy) is 2. The SMILES string of the molecule is CCC(N)Cc1ccc(OCC(=O)NCCCOC)cn1. The summed E-state index contributed by atoms with van der Waals surface area (Å²) in [7, 11) is 1.63. The second-order valence-electron chi connectivity index (χ2n) is 4.84. The number of methoxy groups -OCH3 is 1. The van der Waals surface area contributed by atoms with Gasteiger partial charge in [-0.15, -0.1) is 0 Å². The van der Waals surface area contributed by atoms with E-state index >= 15 is 0 Å². The molecule has 1 atom stereocenters. The zero-order valence-corrected chi connectivity index (χ0v) is 12.8. The molecule has 0 aromatic carbocycles. The number of aromatic nitrogens is 1. The molecule has 0 saturated heterocycles. The molecule has 1 aromatic rings. The van der Waals surface area contributed by atoms with Crippen LogP contribution in [0.5, 0.6) is 5.75 Å². The number of amides is 1. The molecule has 0 spiro atoms. The van der Waals surface area contributed by atoms with Gasteiger partial charge in [0.25, 0.3) is 5.91 Å². The molecule has 1 heterocycles. The average Bonchev–Trinajstić information content (AvgIpc) is 2.50. The summed E-state index contributed by atoms with van der Waals surface area (Å²) in [4.78, 5) is 15.8. The van der Waals surface area contributed by atoms with Gasteiger partial charge in [-0.05, 0) is 25.0 Å². The zero-order chi connectivity index (χ0) is 15.5. The number of pyridine rings is 1. The van der Waals surface area contributed by atoms with Crippen LogP contribution < -0.4 is 15.8 Å². The lowest BCUT2D eigenvalue weighted by Crippen LogP contribution is -2.30. The number of hydrogen-bond acceptors (Lipinski definition) is 5. The normalized spacial score (nSPS) is 12.0.